The van der Waals surface area contributed by atoms with Gasteiger partial charge in [0.05, 0.1) is 0 Å². The van der Waals surface area contributed by atoms with Gasteiger partial charge in [-0.2, -0.15) is 0 Å². The molecule has 3 unspecified atom stereocenters. The molecule has 0 radical (unpaired) electrons. The first-order valence-corrected chi connectivity index (χ1v) is 6.84. The molecular formula is C13H24N2O3. The summed E-state index contributed by atoms with van der Waals surface area (Å²) in [6.07, 6.45) is 3.73. The van der Waals surface area contributed by atoms with Gasteiger partial charge in [-0.25, -0.2) is 4.79 Å². The summed E-state index contributed by atoms with van der Waals surface area (Å²) in [4.78, 5) is 15.6. The number of carbonyl (C=O) groups is 1. The zero-order chi connectivity index (χ0) is 13.3. The van der Waals surface area contributed by atoms with Crippen molar-refractivity contribution in [2.24, 2.45) is 0 Å². The van der Waals surface area contributed by atoms with Crippen molar-refractivity contribution in [1.82, 2.24) is 9.80 Å². The fourth-order valence-corrected chi connectivity index (χ4v) is 3.10. The summed E-state index contributed by atoms with van der Waals surface area (Å²) >= 11 is 0. The number of carboxylic acid groups (broad SMARTS) is 1. The zero-order valence-electron chi connectivity index (χ0n) is 11.3. The summed E-state index contributed by atoms with van der Waals surface area (Å²) in [5.74, 6) is -1.14. The first-order chi connectivity index (χ1) is 8.40. The average molecular weight is 256 g/mol. The third-order valence-corrected chi connectivity index (χ3v) is 4.29. The Balaban J connectivity index is 1.99. The van der Waals surface area contributed by atoms with Crippen LogP contribution in [-0.4, -0.2) is 69.8 Å². The lowest BCUT2D eigenvalue weighted by Crippen LogP contribution is -2.61. The van der Waals surface area contributed by atoms with Gasteiger partial charge in [0.1, 0.15) is 0 Å². The van der Waals surface area contributed by atoms with Crippen molar-refractivity contribution < 1.29 is 15.0 Å². The predicted octanol–water partition coefficient (Wildman–Crippen LogP) is 0.381. The number of aliphatic carboxylic acids is 1. The summed E-state index contributed by atoms with van der Waals surface area (Å²) in [7, 11) is 0. The topological polar surface area (TPSA) is 64.0 Å². The van der Waals surface area contributed by atoms with Crippen molar-refractivity contribution in [2.45, 2.75) is 50.8 Å². The van der Waals surface area contributed by atoms with Crippen molar-refractivity contribution >= 4 is 5.97 Å². The highest BCUT2D eigenvalue weighted by Crippen LogP contribution is 2.25. The van der Waals surface area contributed by atoms with E-state index in [1.54, 1.807) is 0 Å². The lowest BCUT2D eigenvalue weighted by molar-refractivity contribution is -0.160. The molecule has 2 fully saturated rings. The summed E-state index contributed by atoms with van der Waals surface area (Å²) in [5.41, 5.74) is -1.65. The molecule has 0 amide bonds. The highest BCUT2D eigenvalue weighted by molar-refractivity contribution is 5.76. The molecule has 0 bridgehead atoms. The minimum absolute atomic E-state index is 0.216. The number of nitrogens with zero attached hydrogens (tertiary/aromatic N) is 2. The van der Waals surface area contributed by atoms with Gasteiger partial charge < -0.3 is 10.2 Å². The minimum atomic E-state index is -1.65. The molecule has 2 saturated heterocycles. The van der Waals surface area contributed by atoms with E-state index in [4.69, 9.17) is 5.11 Å². The molecule has 0 aromatic heterocycles. The second kappa shape index (κ2) is 5.15. The smallest absolute Gasteiger partial charge is 0.336 e. The fraction of sp³-hybridized carbons (Fsp3) is 0.923. The number of β-amino-alcohol motifs (C(OH)–C–C–N with tert-alkyl or cyclic N) is 1. The average Bonchev–Trinajstić information content (AvgIpc) is 2.29. The van der Waals surface area contributed by atoms with Crippen LogP contribution in [0.15, 0.2) is 0 Å². The van der Waals surface area contributed by atoms with Crippen LogP contribution in [0.2, 0.25) is 0 Å². The number of rotatable bonds is 3. The van der Waals surface area contributed by atoms with Gasteiger partial charge in [-0.15, -0.1) is 0 Å². The molecule has 0 aromatic carbocycles. The van der Waals surface area contributed by atoms with Gasteiger partial charge in [0.2, 0.25) is 0 Å². The Morgan fingerprint density at radius 1 is 1.39 bits per heavy atom. The molecule has 2 aliphatic heterocycles. The molecule has 2 rings (SSSR count). The van der Waals surface area contributed by atoms with Crippen LogP contribution in [0.3, 0.4) is 0 Å². The lowest BCUT2D eigenvalue weighted by atomic mass is 9.95. The molecule has 0 aliphatic carbocycles. The largest absolute Gasteiger partial charge is 0.479 e. The van der Waals surface area contributed by atoms with Gasteiger partial charge in [0.25, 0.3) is 0 Å². The van der Waals surface area contributed by atoms with Gasteiger partial charge in [-0.3, -0.25) is 9.80 Å². The summed E-state index contributed by atoms with van der Waals surface area (Å²) in [6, 6.07) is 0.852. The molecule has 5 heteroatoms. The van der Waals surface area contributed by atoms with Crippen LogP contribution in [-0.2, 0) is 4.79 Å². The third kappa shape index (κ3) is 2.84. The number of piperazine rings is 1. The molecule has 2 heterocycles. The third-order valence-electron chi connectivity index (χ3n) is 4.29. The van der Waals surface area contributed by atoms with E-state index in [9.17, 15) is 9.90 Å². The molecule has 0 spiro atoms. The molecular weight excluding hydrogens is 232 g/mol. The number of hydrogen-bond donors (Lipinski definition) is 2. The summed E-state index contributed by atoms with van der Waals surface area (Å²) < 4.78 is 0. The normalized spacial score (nSPS) is 33.7. The van der Waals surface area contributed by atoms with Crippen LogP contribution in [0.4, 0.5) is 0 Å². The number of aliphatic hydroxyl groups is 1. The lowest BCUT2D eigenvalue weighted by Gasteiger charge is -2.48. The molecule has 2 aliphatic rings. The SMILES string of the molecule is CC1CN2CCCCC2CN1CC(C)(O)C(=O)O. The Hall–Kier alpha value is -0.650. The maximum Gasteiger partial charge on any atom is 0.336 e. The minimum Gasteiger partial charge on any atom is -0.479 e. The highest BCUT2D eigenvalue weighted by atomic mass is 16.4. The monoisotopic (exact) mass is 256 g/mol. The molecule has 3 atom stereocenters. The number of piperidine rings is 1. The van der Waals surface area contributed by atoms with E-state index in [1.165, 1.54) is 26.2 Å². The predicted molar refractivity (Wildman–Crippen MR) is 68.5 cm³/mol. The standard InChI is InChI=1S/C13H24N2O3/c1-10-7-14-6-4-3-5-11(14)8-15(10)9-13(2,18)12(16)17/h10-11,18H,3-9H2,1-2H3,(H,16,17). The first-order valence-electron chi connectivity index (χ1n) is 6.84. The van der Waals surface area contributed by atoms with E-state index in [0.29, 0.717) is 12.1 Å². The summed E-state index contributed by atoms with van der Waals surface area (Å²) in [6.45, 7) is 6.75. The molecule has 5 nitrogen and oxygen atoms in total. The quantitative estimate of drug-likeness (QED) is 0.764. The first kappa shape index (κ1) is 13.8. The number of hydrogen-bond acceptors (Lipinski definition) is 4. The number of fused-ring (bicyclic) bond motifs is 1. The van der Waals surface area contributed by atoms with Crippen LogP contribution in [0, 0.1) is 0 Å². The molecule has 104 valence electrons. The van der Waals surface area contributed by atoms with E-state index in [0.717, 1.165) is 19.6 Å². The Bertz CT molecular complexity index is 319. The van der Waals surface area contributed by atoms with Crippen LogP contribution in [0.5, 0.6) is 0 Å². The highest BCUT2D eigenvalue weighted by Gasteiger charge is 2.38. The van der Waals surface area contributed by atoms with E-state index < -0.39 is 11.6 Å². The second-order valence-electron chi connectivity index (χ2n) is 6.00. The van der Waals surface area contributed by atoms with Crippen molar-refractivity contribution in [3.63, 3.8) is 0 Å². The van der Waals surface area contributed by atoms with E-state index in [-0.39, 0.29) is 6.54 Å². The van der Waals surface area contributed by atoms with E-state index >= 15 is 0 Å². The van der Waals surface area contributed by atoms with Crippen LogP contribution in [0.25, 0.3) is 0 Å². The Morgan fingerprint density at radius 2 is 2.11 bits per heavy atom. The van der Waals surface area contributed by atoms with Crippen LogP contribution < -0.4 is 0 Å². The maximum atomic E-state index is 11.0. The van der Waals surface area contributed by atoms with Gasteiger partial charge in [-0.05, 0) is 33.2 Å². The fourth-order valence-electron chi connectivity index (χ4n) is 3.10. The van der Waals surface area contributed by atoms with Crippen LogP contribution >= 0.6 is 0 Å². The van der Waals surface area contributed by atoms with E-state index in [2.05, 4.69) is 16.7 Å². The Morgan fingerprint density at radius 3 is 2.78 bits per heavy atom. The Labute approximate surface area is 108 Å². The molecule has 18 heavy (non-hydrogen) atoms. The van der Waals surface area contributed by atoms with Gasteiger partial charge in [0.15, 0.2) is 5.60 Å². The van der Waals surface area contributed by atoms with Gasteiger partial charge in [-0.1, -0.05) is 6.42 Å². The van der Waals surface area contributed by atoms with Crippen molar-refractivity contribution in [2.75, 3.05) is 26.2 Å². The van der Waals surface area contributed by atoms with E-state index in [1.807, 2.05) is 0 Å². The molecule has 2 N–H and O–H groups in total. The van der Waals surface area contributed by atoms with Gasteiger partial charge in [0, 0.05) is 31.7 Å². The second-order valence-corrected chi connectivity index (χ2v) is 6.00. The maximum absolute atomic E-state index is 11.0. The summed E-state index contributed by atoms with van der Waals surface area (Å²) in [5, 5.41) is 18.9. The molecule has 0 saturated carbocycles. The van der Waals surface area contributed by atoms with Crippen molar-refractivity contribution in [3.05, 3.63) is 0 Å². The van der Waals surface area contributed by atoms with Crippen molar-refractivity contribution in [3.8, 4) is 0 Å². The Kier molecular flexibility index (Phi) is 3.94. The zero-order valence-corrected chi connectivity index (χ0v) is 11.3. The number of carboxylic acids is 1. The molecule has 0 aromatic rings. The van der Waals surface area contributed by atoms with Crippen LogP contribution in [0.1, 0.15) is 33.1 Å². The van der Waals surface area contributed by atoms with Crippen molar-refractivity contribution in [1.29, 1.82) is 0 Å². The van der Waals surface area contributed by atoms with Gasteiger partial charge >= 0.3 is 5.97 Å².